The van der Waals surface area contributed by atoms with E-state index in [-0.39, 0.29) is 12.2 Å². The number of aromatic nitrogens is 2. The van der Waals surface area contributed by atoms with Gasteiger partial charge in [0.15, 0.2) is 0 Å². The van der Waals surface area contributed by atoms with Crippen molar-refractivity contribution in [3.63, 3.8) is 0 Å². The lowest BCUT2D eigenvalue weighted by Crippen LogP contribution is -2.29. The topological polar surface area (TPSA) is 99.8 Å². The maximum Gasteiger partial charge on any atom is 0.419 e. The fraction of sp³-hybridized carbons (Fsp3) is 0.143. The number of hydrogen-bond acceptors (Lipinski definition) is 4. The van der Waals surface area contributed by atoms with Gasteiger partial charge >= 0.3 is 18.0 Å². The summed E-state index contributed by atoms with van der Waals surface area (Å²) < 4.78 is 52.2. The quantitative estimate of drug-likeness (QED) is 0.651. The van der Waals surface area contributed by atoms with Crippen LogP contribution in [0.15, 0.2) is 30.6 Å². The molecular weight excluding hydrogens is 346 g/mol. The highest BCUT2D eigenvalue weighted by Gasteiger charge is 2.34. The maximum absolute atomic E-state index is 13.2. The van der Waals surface area contributed by atoms with E-state index in [1.165, 1.54) is 17.1 Å². The molecule has 0 fully saturated rings. The second-order valence-corrected chi connectivity index (χ2v) is 4.69. The molecule has 11 heteroatoms. The Bertz CT molecular complexity index is 854. The third-order valence-corrected chi connectivity index (χ3v) is 2.86. The molecule has 0 aliphatic carbocycles. The van der Waals surface area contributed by atoms with Crippen molar-refractivity contribution in [2.45, 2.75) is 12.7 Å². The Hall–Kier alpha value is -3.42. The summed E-state index contributed by atoms with van der Waals surface area (Å²) in [6.07, 6.45) is -2.47. The summed E-state index contributed by atoms with van der Waals surface area (Å²) in [5.41, 5.74) is -1.84. The van der Waals surface area contributed by atoms with Gasteiger partial charge in [0.2, 0.25) is 0 Å². The lowest BCUT2D eigenvalue weighted by molar-refractivity contribution is -0.140. The van der Waals surface area contributed by atoms with E-state index in [2.05, 4.69) is 10.4 Å². The van der Waals surface area contributed by atoms with Gasteiger partial charge in [0.05, 0.1) is 23.5 Å². The van der Waals surface area contributed by atoms with Gasteiger partial charge in [-0.05, 0) is 18.2 Å². The molecule has 0 aliphatic rings. The van der Waals surface area contributed by atoms with Crippen molar-refractivity contribution in [3.8, 4) is 6.07 Å². The van der Waals surface area contributed by atoms with Crippen molar-refractivity contribution in [2.24, 2.45) is 0 Å². The predicted molar refractivity (Wildman–Crippen MR) is 76.5 cm³/mol. The van der Waals surface area contributed by atoms with E-state index in [4.69, 9.17) is 5.26 Å². The molecule has 0 aliphatic heterocycles. The smallest absolute Gasteiger partial charge is 0.318 e. The standard InChI is InChI=1S/C14H9F4N5O2/c15-11-2-1-8(5-10(11)14(16,17)18)21-12(24)13(25)22-9-6-20-23(7-9)4-3-19/h1-2,5-7H,4H2,(H,21,24)(H,22,25). The largest absolute Gasteiger partial charge is 0.419 e. The first-order valence-corrected chi connectivity index (χ1v) is 6.59. The minimum absolute atomic E-state index is 0.0716. The monoisotopic (exact) mass is 355 g/mol. The number of alkyl halides is 3. The molecule has 130 valence electrons. The van der Waals surface area contributed by atoms with E-state index >= 15 is 0 Å². The summed E-state index contributed by atoms with van der Waals surface area (Å²) in [5.74, 6) is -3.93. The van der Waals surface area contributed by atoms with Crippen molar-refractivity contribution in [3.05, 3.63) is 42.0 Å². The van der Waals surface area contributed by atoms with Crippen LogP contribution in [0.5, 0.6) is 0 Å². The van der Waals surface area contributed by atoms with Crippen LogP contribution in [0.2, 0.25) is 0 Å². The van der Waals surface area contributed by atoms with E-state index in [1.54, 1.807) is 0 Å². The van der Waals surface area contributed by atoms with Crippen LogP contribution in [-0.4, -0.2) is 21.6 Å². The summed E-state index contributed by atoms with van der Waals surface area (Å²) >= 11 is 0. The molecule has 0 saturated carbocycles. The van der Waals surface area contributed by atoms with Crippen molar-refractivity contribution in [1.82, 2.24) is 9.78 Å². The summed E-state index contributed by atoms with van der Waals surface area (Å²) in [6, 6.07) is 3.61. The number of nitrogens with one attached hydrogen (secondary N) is 2. The number of rotatable bonds is 3. The van der Waals surface area contributed by atoms with Gasteiger partial charge < -0.3 is 10.6 Å². The molecule has 2 amide bonds. The average molecular weight is 355 g/mol. The van der Waals surface area contributed by atoms with Crippen LogP contribution in [0, 0.1) is 17.1 Å². The molecule has 25 heavy (non-hydrogen) atoms. The Morgan fingerprint density at radius 1 is 1.20 bits per heavy atom. The number of anilines is 2. The number of benzene rings is 1. The van der Waals surface area contributed by atoms with Crippen LogP contribution in [0.1, 0.15) is 5.56 Å². The number of nitrogens with zero attached hydrogens (tertiary/aromatic N) is 3. The second-order valence-electron chi connectivity index (χ2n) is 4.69. The average Bonchev–Trinajstić information content (AvgIpc) is 2.95. The summed E-state index contributed by atoms with van der Waals surface area (Å²) in [7, 11) is 0. The van der Waals surface area contributed by atoms with Crippen molar-refractivity contribution in [1.29, 1.82) is 5.26 Å². The van der Waals surface area contributed by atoms with Gasteiger partial charge in [0.1, 0.15) is 12.4 Å². The summed E-state index contributed by atoms with van der Waals surface area (Å²) in [5, 5.41) is 16.3. The molecule has 0 radical (unpaired) electrons. The number of amides is 2. The van der Waals surface area contributed by atoms with Crippen molar-refractivity contribution in [2.75, 3.05) is 10.6 Å². The second kappa shape index (κ2) is 7.00. The van der Waals surface area contributed by atoms with Crippen molar-refractivity contribution < 1.29 is 27.2 Å². The van der Waals surface area contributed by atoms with Gasteiger partial charge in [-0.25, -0.2) is 4.39 Å². The van der Waals surface area contributed by atoms with Crippen molar-refractivity contribution >= 4 is 23.2 Å². The van der Waals surface area contributed by atoms with E-state index in [0.717, 1.165) is 6.07 Å². The Balaban J connectivity index is 2.06. The van der Waals surface area contributed by atoms with Crippen LogP contribution in [-0.2, 0) is 22.3 Å². The fourth-order valence-corrected chi connectivity index (χ4v) is 1.78. The normalized spacial score (nSPS) is 10.8. The van der Waals surface area contributed by atoms with Crippen LogP contribution in [0.4, 0.5) is 28.9 Å². The molecular formula is C14H9F4N5O2. The first-order valence-electron chi connectivity index (χ1n) is 6.59. The van der Waals surface area contributed by atoms with Gasteiger partial charge in [-0.15, -0.1) is 0 Å². The van der Waals surface area contributed by atoms with Gasteiger partial charge in [-0.1, -0.05) is 0 Å². The minimum atomic E-state index is -4.94. The zero-order chi connectivity index (χ0) is 18.6. The summed E-state index contributed by atoms with van der Waals surface area (Å²) in [6.45, 7) is -0.0716. The first-order chi connectivity index (χ1) is 11.7. The SMILES string of the molecule is N#CCn1cc(NC(=O)C(=O)Nc2ccc(F)c(C(F)(F)F)c2)cn1. The third kappa shape index (κ3) is 4.54. The van der Waals surface area contributed by atoms with Crippen LogP contribution >= 0.6 is 0 Å². The van der Waals surface area contributed by atoms with E-state index < -0.39 is 35.1 Å². The number of hydrogen-bond donors (Lipinski definition) is 2. The van der Waals surface area contributed by atoms with Gasteiger partial charge in [0.25, 0.3) is 0 Å². The molecule has 0 bridgehead atoms. The Kier molecular flexibility index (Phi) is 5.02. The first kappa shape index (κ1) is 17.9. The minimum Gasteiger partial charge on any atom is -0.318 e. The molecule has 1 heterocycles. The van der Waals surface area contributed by atoms with Crippen LogP contribution < -0.4 is 10.6 Å². The molecule has 0 unspecified atom stereocenters. The lowest BCUT2D eigenvalue weighted by atomic mass is 10.2. The molecule has 1 aromatic heterocycles. The van der Waals surface area contributed by atoms with Crippen LogP contribution in [0.25, 0.3) is 0 Å². The molecule has 0 spiro atoms. The zero-order valence-electron chi connectivity index (χ0n) is 12.3. The predicted octanol–water partition coefficient (Wildman–Crippen LogP) is 2.14. The zero-order valence-corrected chi connectivity index (χ0v) is 12.3. The highest BCUT2D eigenvalue weighted by Crippen LogP contribution is 2.32. The molecule has 0 atom stereocenters. The lowest BCUT2D eigenvalue weighted by Gasteiger charge is -2.10. The number of nitriles is 1. The molecule has 2 aromatic rings. The molecule has 1 aromatic carbocycles. The molecule has 2 rings (SSSR count). The summed E-state index contributed by atoms with van der Waals surface area (Å²) in [4.78, 5) is 23.4. The van der Waals surface area contributed by atoms with E-state index in [9.17, 15) is 27.2 Å². The highest BCUT2D eigenvalue weighted by atomic mass is 19.4. The van der Waals surface area contributed by atoms with Gasteiger partial charge in [0, 0.05) is 11.9 Å². The fourth-order valence-electron chi connectivity index (χ4n) is 1.78. The highest BCUT2D eigenvalue weighted by molar-refractivity contribution is 6.43. The Morgan fingerprint density at radius 3 is 2.44 bits per heavy atom. The van der Waals surface area contributed by atoms with Gasteiger partial charge in [-0.2, -0.15) is 23.5 Å². The number of carbonyl (C=O) groups excluding carboxylic acids is 2. The third-order valence-electron chi connectivity index (χ3n) is 2.86. The molecule has 0 saturated heterocycles. The van der Waals surface area contributed by atoms with Crippen LogP contribution in [0.3, 0.4) is 0 Å². The Labute approximate surface area is 137 Å². The maximum atomic E-state index is 13.2. The number of halogens is 4. The van der Waals surface area contributed by atoms with E-state index in [0.29, 0.717) is 12.1 Å². The number of carbonyl (C=O) groups is 2. The molecule has 2 N–H and O–H groups in total. The molecule has 7 nitrogen and oxygen atoms in total. The van der Waals surface area contributed by atoms with E-state index in [1.807, 2.05) is 11.4 Å². The van der Waals surface area contributed by atoms with Gasteiger partial charge in [-0.3, -0.25) is 14.3 Å². The Morgan fingerprint density at radius 2 is 1.84 bits per heavy atom.